The van der Waals surface area contributed by atoms with E-state index in [0.717, 1.165) is 11.8 Å². The van der Waals surface area contributed by atoms with Crippen LogP contribution in [-0.2, 0) is 14.3 Å². The van der Waals surface area contributed by atoms with Gasteiger partial charge in [-0.1, -0.05) is 12.1 Å². The summed E-state index contributed by atoms with van der Waals surface area (Å²) in [6, 6.07) is 11.3. The van der Waals surface area contributed by atoms with Gasteiger partial charge in [0.05, 0.1) is 5.75 Å². The lowest BCUT2D eigenvalue weighted by atomic mass is 10.3. The highest BCUT2D eigenvalue weighted by Gasteiger charge is 2.18. The van der Waals surface area contributed by atoms with Gasteiger partial charge in [0.15, 0.2) is 6.10 Å². The van der Waals surface area contributed by atoms with Gasteiger partial charge in [0.2, 0.25) is 0 Å². The minimum absolute atomic E-state index is 0.116. The number of amides is 1. The van der Waals surface area contributed by atoms with Gasteiger partial charge in [-0.3, -0.25) is 9.59 Å². The molecule has 0 unspecified atom stereocenters. The van der Waals surface area contributed by atoms with Crippen molar-refractivity contribution >= 4 is 29.3 Å². The van der Waals surface area contributed by atoms with Crippen LogP contribution < -0.4 is 5.32 Å². The Morgan fingerprint density at radius 1 is 1.12 bits per heavy atom. The van der Waals surface area contributed by atoms with Gasteiger partial charge >= 0.3 is 5.97 Å². The summed E-state index contributed by atoms with van der Waals surface area (Å²) in [7, 11) is 0. The minimum Gasteiger partial charge on any atom is -0.452 e. The molecule has 1 N–H and O–H groups in total. The lowest BCUT2D eigenvalue weighted by Gasteiger charge is -2.13. The Hall–Kier alpha value is -2.41. The summed E-state index contributed by atoms with van der Waals surface area (Å²) >= 11 is 0.992. The Labute approximate surface area is 142 Å². The lowest BCUT2D eigenvalue weighted by Crippen LogP contribution is -2.30. The summed E-state index contributed by atoms with van der Waals surface area (Å²) in [4.78, 5) is 24.0. The summed E-state index contributed by atoms with van der Waals surface area (Å²) in [5, 5.41) is 2.51. The molecule has 4 nitrogen and oxygen atoms in total. The fourth-order valence-corrected chi connectivity index (χ4v) is 2.48. The molecular formula is C17H15F2NO3S. The molecule has 126 valence electrons. The predicted octanol–water partition coefficient (Wildman–Crippen LogP) is 3.63. The summed E-state index contributed by atoms with van der Waals surface area (Å²) < 4.78 is 31.2. The third-order valence-corrected chi connectivity index (χ3v) is 3.99. The van der Waals surface area contributed by atoms with Gasteiger partial charge in [0.1, 0.15) is 11.6 Å². The van der Waals surface area contributed by atoms with E-state index < -0.39 is 29.6 Å². The quantitative estimate of drug-likeness (QED) is 0.638. The molecule has 0 fully saturated rings. The van der Waals surface area contributed by atoms with E-state index in [1.165, 1.54) is 37.3 Å². The van der Waals surface area contributed by atoms with Gasteiger partial charge in [-0.25, -0.2) is 8.78 Å². The number of esters is 1. The highest BCUT2D eigenvalue weighted by atomic mass is 32.2. The Kier molecular flexibility index (Phi) is 6.31. The van der Waals surface area contributed by atoms with E-state index in [0.29, 0.717) is 10.6 Å². The Morgan fingerprint density at radius 3 is 2.46 bits per heavy atom. The van der Waals surface area contributed by atoms with Crippen molar-refractivity contribution < 1.29 is 23.1 Å². The summed E-state index contributed by atoms with van der Waals surface area (Å²) in [5.41, 5.74) is 0.394. The van der Waals surface area contributed by atoms with E-state index >= 15 is 0 Å². The van der Waals surface area contributed by atoms with Gasteiger partial charge in [-0.15, -0.1) is 11.8 Å². The first kappa shape index (κ1) is 17.9. The number of rotatable bonds is 6. The first-order valence-electron chi connectivity index (χ1n) is 7.09. The smallest absolute Gasteiger partial charge is 0.317 e. The van der Waals surface area contributed by atoms with E-state index in [4.69, 9.17) is 4.74 Å². The topological polar surface area (TPSA) is 55.4 Å². The summed E-state index contributed by atoms with van der Waals surface area (Å²) in [5.74, 6) is -2.12. The van der Waals surface area contributed by atoms with Crippen LogP contribution in [0, 0.1) is 11.6 Å². The molecule has 2 rings (SSSR count). The molecule has 0 aromatic heterocycles. The van der Waals surface area contributed by atoms with Crippen molar-refractivity contribution in [2.24, 2.45) is 0 Å². The second-order valence-corrected chi connectivity index (χ2v) is 5.86. The molecule has 1 amide bonds. The molecule has 0 aliphatic rings. The lowest BCUT2D eigenvalue weighted by molar-refractivity contribution is -0.150. The number of halogens is 2. The standard InChI is InChI=1S/C17H15F2NO3S/c1-11(17(22)20-13-8-6-12(18)7-9-13)23-16(21)10-24-15-5-3-2-4-14(15)19/h2-9,11H,10H2,1H3,(H,20,22)/t11-/m0/s1. The first-order chi connectivity index (χ1) is 11.5. The Morgan fingerprint density at radius 2 is 1.79 bits per heavy atom. The maximum atomic E-state index is 13.4. The second kappa shape index (κ2) is 8.44. The molecule has 0 saturated carbocycles. The zero-order chi connectivity index (χ0) is 17.5. The van der Waals surface area contributed by atoms with E-state index in [2.05, 4.69) is 5.32 Å². The molecule has 0 saturated heterocycles. The maximum Gasteiger partial charge on any atom is 0.317 e. The molecule has 2 aromatic carbocycles. The minimum atomic E-state index is -1.02. The van der Waals surface area contributed by atoms with Gasteiger partial charge < -0.3 is 10.1 Å². The molecule has 2 aromatic rings. The second-order valence-electron chi connectivity index (χ2n) is 4.85. The number of carbonyl (C=O) groups is 2. The molecule has 24 heavy (non-hydrogen) atoms. The van der Waals surface area contributed by atoms with Crippen LogP contribution in [0.25, 0.3) is 0 Å². The number of nitrogens with one attached hydrogen (secondary N) is 1. The average Bonchev–Trinajstić information content (AvgIpc) is 2.56. The van der Waals surface area contributed by atoms with Crippen LogP contribution in [0.15, 0.2) is 53.4 Å². The van der Waals surface area contributed by atoms with E-state index in [1.54, 1.807) is 18.2 Å². The molecular weight excluding hydrogens is 336 g/mol. The third kappa shape index (κ3) is 5.34. The highest BCUT2D eigenvalue weighted by molar-refractivity contribution is 8.00. The maximum absolute atomic E-state index is 13.4. The van der Waals surface area contributed by atoms with E-state index in [1.807, 2.05) is 0 Å². The van der Waals surface area contributed by atoms with Gasteiger partial charge in [0, 0.05) is 10.6 Å². The molecule has 0 aliphatic heterocycles. The van der Waals surface area contributed by atoms with Crippen LogP contribution in [0.3, 0.4) is 0 Å². The molecule has 1 atom stereocenters. The van der Waals surface area contributed by atoms with Crippen LogP contribution in [0.5, 0.6) is 0 Å². The van der Waals surface area contributed by atoms with Crippen molar-refractivity contribution in [1.82, 2.24) is 0 Å². The van der Waals surface area contributed by atoms with Gasteiger partial charge in [-0.2, -0.15) is 0 Å². The fourth-order valence-electron chi connectivity index (χ4n) is 1.76. The Bertz CT molecular complexity index is 722. The molecule has 7 heteroatoms. The SMILES string of the molecule is C[C@H](OC(=O)CSc1ccccc1F)C(=O)Nc1ccc(F)cc1. The monoisotopic (exact) mass is 351 g/mol. The van der Waals surface area contributed by atoms with Crippen LogP contribution >= 0.6 is 11.8 Å². The number of hydrogen-bond donors (Lipinski definition) is 1. The van der Waals surface area contributed by atoms with Gasteiger partial charge in [-0.05, 0) is 43.3 Å². The molecule has 0 radical (unpaired) electrons. The molecule has 0 heterocycles. The average molecular weight is 351 g/mol. The number of benzene rings is 2. The number of thioether (sulfide) groups is 1. The van der Waals surface area contributed by atoms with Crippen LogP contribution in [0.1, 0.15) is 6.92 Å². The largest absolute Gasteiger partial charge is 0.452 e. The highest BCUT2D eigenvalue weighted by Crippen LogP contribution is 2.21. The molecule has 0 bridgehead atoms. The third-order valence-electron chi connectivity index (χ3n) is 2.97. The van der Waals surface area contributed by atoms with Gasteiger partial charge in [0.25, 0.3) is 5.91 Å². The molecule has 0 spiro atoms. The van der Waals surface area contributed by atoms with Crippen molar-refractivity contribution in [3.05, 3.63) is 60.2 Å². The number of ether oxygens (including phenoxy) is 1. The Balaban J connectivity index is 1.81. The fraction of sp³-hybridized carbons (Fsp3) is 0.176. The van der Waals surface area contributed by atoms with Crippen molar-refractivity contribution in [3.63, 3.8) is 0 Å². The number of hydrogen-bond acceptors (Lipinski definition) is 4. The van der Waals surface area contributed by atoms with Crippen molar-refractivity contribution in [3.8, 4) is 0 Å². The normalized spacial score (nSPS) is 11.6. The van der Waals surface area contributed by atoms with Crippen molar-refractivity contribution in [2.75, 3.05) is 11.1 Å². The number of anilines is 1. The zero-order valence-electron chi connectivity index (χ0n) is 12.8. The first-order valence-corrected chi connectivity index (χ1v) is 8.07. The predicted molar refractivity (Wildman–Crippen MR) is 87.7 cm³/mol. The van der Waals surface area contributed by atoms with Crippen molar-refractivity contribution in [1.29, 1.82) is 0 Å². The molecule has 0 aliphatic carbocycles. The number of carbonyl (C=O) groups excluding carboxylic acids is 2. The van der Waals surface area contributed by atoms with E-state index in [-0.39, 0.29) is 5.75 Å². The summed E-state index contributed by atoms with van der Waals surface area (Å²) in [6.07, 6.45) is -1.02. The van der Waals surface area contributed by atoms with Crippen LogP contribution in [0.2, 0.25) is 0 Å². The van der Waals surface area contributed by atoms with Crippen LogP contribution in [-0.4, -0.2) is 23.7 Å². The van der Waals surface area contributed by atoms with E-state index in [9.17, 15) is 18.4 Å². The zero-order valence-corrected chi connectivity index (χ0v) is 13.6. The summed E-state index contributed by atoms with van der Waals surface area (Å²) in [6.45, 7) is 1.42. The van der Waals surface area contributed by atoms with Crippen molar-refractivity contribution in [2.45, 2.75) is 17.9 Å². The van der Waals surface area contributed by atoms with Crippen LogP contribution in [0.4, 0.5) is 14.5 Å².